The molecule has 1 aliphatic heterocycles. The van der Waals surface area contributed by atoms with Crippen LogP contribution in [0.25, 0.3) is 11.1 Å². The van der Waals surface area contributed by atoms with Gasteiger partial charge in [0, 0.05) is 13.1 Å². The molecule has 1 amide bonds. The summed E-state index contributed by atoms with van der Waals surface area (Å²) < 4.78 is 10.7. The molecule has 1 aromatic carbocycles. The van der Waals surface area contributed by atoms with Crippen LogP contribution in [-0.4, -0.2) is 37.3 Å². The third-order valence-corrected chi connectivity index (χ3v) is 4.18. The Hall–Kier alpha value is -1.85. The average Bonchev–Trinajstić information content (AvgIpc) is 3.04. The molecule has 0 unspecified atom stereocenters. The predicted octanol–water partition coefficient (Wildman–Crippen LogP) is 3.55. The lowest BCUT2D eigenvalue weighted by molar-refractivity contribution is 0.0415. The van der Waals surface area contributed by atoms with Crippen molar-refractivity contribution in [1.29, 1.82) is 0 Å². The number of thiophene rings is 1. The molecule has 0 N–H and O–H groups in total. The van der Waals surface area contributed by atoms with Gasteiger partial charge in [0.2, 0.25) is 0 Å². The number of hydrogen-bond donors (Lipinski definition) is 0. The molecule has 3 rings (SSSR count). The van der Waals surface area contributed by atoms with Gasteiger partial charge in [-0.2, -0.15) is 11.3 Å². The molecule has 0 spiro atoms. The Morgan fingerprint density at radius 1 is 1.24 bits per heavy atom. The van der Waals surface area contributed by atoms with Gasteiger partial charge < -0.3 is 14.4 Å². The Kier molecular flexibility index (Phi) is 4.22. The van der Waals surface area contributed by atoms with Crippen LogP contribution in [0.2, 0.25) is 0 Å². The summed E-state index contributed by atoms with van der Waals surface area (Å²) in [7, 11) is 0. The van der Waals surface area contributed by atoms with E-state index in [1.807, 2.05) is 25.1 Å². The molecule has 0 radical (unpaired) electrons. The van der Waals surface area contributed by atoms with Crippen LogP contribution < -0.4 is 4.74 Å². The third-order valence-electron chi connectivity index (χ3n) is 3.50. The second-order valence-electron chi connectivity index (χ2n) is 4.96. The zero-order chi connectivity index (χ0) is 14.7. The standard InChI is InChI=1S/C16H17NO3S/c1-12-10-13(14-4-9-21-11-14)2-3-15(12)20-16(18)17-5-7-19-8-6-17/h2-4,9-11H,5-8H2,1H3. The van der Waals surface area contributed by atoms with Crippen LogP contribution in [0, 0.1) is 6.92 Å². The Bertz CT molecular complexity index is 618. The Labute approximate surface area is 127 Å². The summed E-state index contributed by atoms with van der Waals surface area (Å²) in [4.78, 5) is 13.8. The highest BCUT2D eigenvalue weighted by molar-refractivity contribution is 7.08. The summed E-state index contributed by atoms with van der Waals surface area (Å²) in [5, 5.41) is 4.16. The summed E-state index contributed by atoms with van der Waals surface area (Å²) in [5.74, 6) is 0.616. The van der Waals surface area contributed by atoms with E-state index in [2.05, 4.69) is 16.8 Å². The monoisotopic (exact) mass is 303 g/mol. The number of morpholine rings is 1. The summed E-state index contributed by atoms with van der Waals surface area (Å²) >= 11 is 1.67. The second-order valence-corrected chi connectivity index (χ2v) is 5.74. The number of carbonyl (C=O) groups excluding carboxylic acids is 1. The highest BCUT2D eigenvalue weighted by Crippen LogP contribution is 2.28. The van der Waals surface area contributed by atoms with Gasteiger partial charge in [0.25, 0.3) is 0 Å². The van der Waals surface area contributed by atoms with E-state index >= 15 is 0 Å². The van der Waals surface area contributed by atoms with Gasteiger partial charge in [0.05, 0.1) is 13.2 Å². The van der Waals surface area contributed by atoms with Crippen molar-refractivity contribution in [3.63, 3.8) is 0 Å². The van der Waals surface area contributed by atoms with Gasteiger partial charge in [-0.05, 0) is 52.6 Å². The van der Waals surface area contributed by atoms with E-state index in [0.29, 0.717) is 32.1 Å². The minimum absolute atomic E-state index is 0.301. The highest BCUT2D eigenvalue weighted by Gasteiger charge is 2.19. The van der Waals surface area contributed by atoms with Crippen molar-refractivity contribution in [2.75, 3.05) is 26.3 Å². The van der Waals surface area contributed by atoms with Crippen LogP contribution in [-0.2, 0) is 4.74 Å². The van der Waals surface area contributed by atoms with E-state index in [9.17, 15) is 4.79 Å². The summed E-state index contributed by atoms with van der Waals surface area (Å²) in [6.45, 7) is 4.28. The van der Waals surface area contributed by atoms with Gasteiger partial charge in [-0.15, -0.1) is 0 Å². The molecule has 0 aliphatic carbocycles. The van der Waals surface area contributed by atoms with Crippen molar-refractivity contribution < 1.29 is 14.3 Å². The minimum atomic E-state index is -0.301. The molecule has 1 fully saturated rings. The molecule has 2 aromatic rings. The molecule has 2 heterocycles. The normalized spacial score (nSPS) is 15.0. The van der Waals surface area contributed by atoms with Gasteiger partial charge >= 0.3 is 6.09 Å². The van der Waals surface area contributed by atoms with Gasteiger partial charge in [-0.25, -0.2) is 4.79 Å². The maximum absolute atomic E-state index is 12.1. The first-order chi connectivity index (χ1) is 10.2. The predicted molar refractivity (Wildman–Crippen MR) is 82.9 cm³/mol. The number of benzene rings is 1. The van der Waals surface area contributed by atoms with Crippen LogP contribution in [0.1, 0.15) is 5.56 Å². The molecule has 110 valence electrons. The van der Waals surface area contributed by atoms with E-state index in [0.717, 1.165) is 11.1 Å². The first-order valence-corrected chi connectivity index (χ1v) is 7.86. The van der Waals surface area contributed by atoms with Crippen molar-refractivity contribution in [3.8, 4) is 16.9 Å². The summed E-state index contributed by atoms with van der Waals surface area (Å²) in [6.07, 6.45) is -0.301. The first kappa shape index (κ1) is 14.1. The minimum Gasteiger partial charge on any atom is -0.410 e. The SMILES string of the molecule is Cc1cc(-c2ccsc2)ccc1OC(=O)N1CCOCC1. The molecule has 5 heteroatoms. The summed E-state index contributed by atoms with van der Waals surface area (Å²) in [5.41, 5.74) is 3.29. The van der Waals surface area contributed by atoms with E-state index < -0.39 is 0 Å². The Balaban J connectivity index is 1.72. The number of nitrogens with zero attached hydrogens (tertiary/aromatic N) is 1. The molecule has 1 aromatic heterocycles. The van der Waals surface area contributed by atoms with Gasteiger partial charge in [-0.3, -0.25) is 0 Å². The van der Waals surface area contributed by atoms with Gasteiger partial charge in [-0.1, -0.05) is 6.07 Å². The second kappa shape index (κ2) is 6.28. The largest absolute Gasteiger partial charge is 0.415 e. The number of ether oxygens (including phenoxy) is 2. The molecule has 21 heavy (non-hydrogen) atoms. The quantitative estimate of drug-likeness (QED) is 0.851. The van der Waals surface area contributed by atoms with Crippen molar-refractivity contribution >= 4 is 17.4 Å². The lowest BCUT2D eigenvalue weighted by atomic mass is 10.1. The van der Waals surface area contributed by atoms with E-state index in [1.54, 1.807) is 16.2 Å². The molecule has 0 bridgehead atoms. The van der Waals surface area contributed by atoms with E-state index in [1.165, 1.54) is 5.56 Å². The molecule has 1 saturated heterocycles. The molecule has 0 atom stereocenters. The number of hydrogen-bond acceptors (Lipinski definition) is 4. The fourth-order valence-electron chi connectivity index (χ4n) is 2.28. The zero-order valence-electron chi connectivity index (χ0n) is 11.9. The van der Waals surface area contributed by atoms with Crippen molar-refractivity contribution in [2.45, 2.75) is 6.92 Å². The molecular formula is C16H17NO3S. The molecule has 0 saturated carbocycles. The van der Waals surface area contributed by atoms with E-state index in [-0.39, 0.29) is 6.09 Å². The number of amides is 1. The fraction of sp³-hybridized carbons (Fsp3) is 0.312. The Morgan fingerprint density at radius 2 is 2.05 bits per heavy atom. The van der Waals surface area contributed by atoms with Crippen LogP contribution in [0.4, 0.5) is 4.79 Å². The topological polar surface area (TPSA) is 38.8 Å². The first-order valence-electron chi connectivity index (χ1n) is 6.92. The maximum Gasteiger partial charge on any atom is 0.415 e. The van der Waals surface area contributed by atoms with Crippen LogP contribution in [0.5, 0.6) is 5.75 Å². The lowest BCUT2D eigenvalue weighted by Crippen LogP contribution is -2.42. The van der Waals surface area contributed by atoms with Crippen LogP contribution in [0.15, 0.2) is 35.0 Å². The number of rotatable bonds is 2. The van der Waals surface area contributed by atoms with Crippen molar-refractivity contribution in [1.82, 2.24) is 4.90 Å². The highest BCUT2D eigenvalue weighted by atomic mass is 32.1. The molecule has 1 aliphatic rings. The van der Waals surface area contributed by atoms with Gasteiger partial charge in [0.1, 0.15) is 5.75 Å². The summed E-state index contributed by atoms with van der Waals surface area (Å²) in [6, 6.07) is 7.97. The zero-order valence-corrected chi connectivity index (χ0v) is 12.7. The third kappa shape index (κ3) is 3.25. The smallest absolute Gasteiger partial charge is 0.410 e. The van der Waals surface area contributed by atoms with Crippen LogP contribution >= 0.6 is 11.3 Å². The number of aryl methyl sites for hydroxylation is 1. The fourth-order valence-corrected chi connectivity index (χ4v) is 2.94. The molecular weight excluding hydrogens is 286 g/mol. The number of carbonyl (C=O) groups is 1. The van der Waals surface area contributed by atoms with Gasteiger partial charge in [0.15, 0.2) is 0 Å². The lowest BCUT2D eigenvalue weighted by Gasteiger charge is -2.26. The molecule has 4 nitrogen and oxygen atoms in total. The maximum atomic E-state index is 12.1. The van der Waals surface area contributed by atoms with E-state index in [4.69, 9.17) is 9.47 Å². The Morgan fingerprint density at radius 3 is 2.71 bits per heavy atom. The van der Waals surface area contributed by atoms with Crippen molar-refractivity contribution in [2.24, 2.45) is 0 Å². The average molecular weight is 303 g/mol. The van der Waals surface area contributed by atoms with Crippen molar-refractivity contribution in [3.05, 3.63) is 40.6 Å². The van der Waals surface area contributed by atoms with Crippen LogP contribution in [0.3, 0.4) is 0 Å².